The third-order valence-corrected chi connectivity index (χ3v) is 8.25. The van der Waals surface area contributed by atoms with E-state index in [2.05, 4.69) is 36.6 Å². The Morgan fingerprint density at radius 3 is 2.59 bits per heavy atom. The fraction of sp³-hybridized carbons (Fsp3) is 0.172. The molecule has 1 saturated heterocycles. The van der Waals surface area contributed by atoms with E-state index in [9.17, 15) is 4.79 Å². The summed E-state index contributed by atoms with van der Waals surface area (Å²) >= 11 is 19.3. The average molecular weight is 568 g/mol. The van der Waals surface area contributed by atoms with Gasteiger partial charge in [-0.3, -0.25) is 9.69 Å². The van der Waals surface area contributed by atoms with Gasteiger partial charge >= 0.3 is 0 Å². The van der Waals surface area contributed by atoms with Gasteiger partial charge in [-0.15, -0.1) is 0 Å². The summed E-state index contributed by atoms with van der Waals surface area (Å²) < 4.78 is 8.74. The zero-order valence-corrected chi connectivity index (χ0v) is 23.5. The van der Waals surface area contributed by atoms with Crippen LogP contribution in [0.25, 0.3) is 17.0 Å². The van der Waals surface area contributed by atoms with Crippen LogP contribution in [-0.2, 0) is 17.9 Å². The van der Waals surface area contributed by atoms with Crippen LogP contribution in [0, 0.1) is 13.8 Å². The van der Waals surface area contributed by atoms with Gasteiger partial charge in [-0.2, -0.15) is 0 Å². The van der Waals surface area contributed by atoms with Gasteiger partial charge in [-0.1, -0.05) is 89.1 Å². The number of hydrogen-bond donors (Lipinski definition) is 0. The first-order valence-electron chi connectivity index (χ1n) is 11.8. The van der Waals surface area contributed by atoms with E-state index >= 15 is 0 Å². The number of aromatic nitrogens is 1. The SMILES string of the molecule is Cc1ccc2c(c1)c(C=C1SC(=S)N(Cc3ccccc3)C1=O)c(C)n2CCOc1cc(Cl)ccc1Cl. The van der Waals surface area contributed by atoms with Gasteiger partial charge in [0.25, 0.3) is 5.91 Å². The first kappa shape index (κ1) is 25.9. The van der Waals surface area contributed by atoms with E-state index in [-0.39, 0.29) is 5.91 Å². The molecule has 0 unspecified atom stereocenters. The van der Waals surface area contributed by atoms with Crippen molar-refractivity contribution in [2.45, 2.75) is 26.9 Å². The van der Waals surface area contributed by atoms with Crippen molar-refractivity contribution in [2.75, 3.05) is 6.61 Å². The highest BCUT2D eigenvalue weighted by Gasteiger charge is 2.32. The van der Waals surface area contributed by atoms with Crippen LogP contribution in [0.2, 0.25) is 10.0 Å². The molecule has 37 heavy (non-hydrogen) atoms. The third kappa shape index (κ3) is 5.43. The number of thioether (sulfide) groups is 1. The predicted octanol–water partition coefficient (Wildman–Crippen LogP) is 8.05. The summed E-state index contributed by atoms with van der Waals surface area (Å²) in [4.78, 5) is 15.6. The Morgan fingerprint density at radius 1 is 1.03 bits per heavy atom. The zero-order valence-electron chi connectivity index (χ0n) is 20.3. The molecule has 0 atom stereocenters. The molecule has 1 amide bonds. The minimum Gasteiger partial charge on any atom is -0.490 e. The summed E-state index contributed by atoms with van der Waals surface area (Å²) in [6.07, 6.45) is 1.98. The van der Waals surface area contributed by atoms with Gasteiger partial charge in [-0.25, -0.2) is 0 Å². The fourth-order valence-corrected chi connectivity index (χ4v) is 6.03. The highest BCUT2D eigenvalue weighted by molar-refractivity contribution is 8.26. The highest BCUT2D eigenvalue weighted by atomic mass is 35.5. The summed E-state index contributed by atoms with van der Waals surface area (Å²) in [6.45, 7) is 5.62. The minimum absolute atomic E-state index is 0.0641. The second-order valence-electron chi connectivity index (χ2n) is 8.85. The molecule has 1 aromatic heterocycles. The third-order valence-electron chi connectivity index (χ3n) is 6.33. The highest BCUT2D eigenvalue weighted by Crippen LogP contribution is 2.37. The predicted molar refractivity (Wildman–Crippen MR) is 159 cm³/mol. The van der Waals surface area contributed by atoms with Gasteiger partial charge in [0.2, 0.25) is 0 Å². The molecule has 0 radical (unpaired) electrons. The maximum Gasteiger partial charge on any atom is 0.266 e. The number of ether oxygens (including phenoxy) is 1. The van der Waals surface area contributed by atoms with Crippen LogP contribution in [0.5, 0.6) is 5.75 Å². The Balaban J connectivity index is 1.44. The lowest BCUT2D eigenvalue weighted by Gasteiger charge is -2.14. The molecule has 0 aliphatic carbocycles. The number of halogens is 2. The fourth-order valence-electron chi connectivity index (χ4n) is 4.46. The largest absolute Gasteiger partial charge is 0.490 e. The summed E-state index contributed by atoms with van der Waals surface area (Å²) in [5.74, 6) is 0.493. The van der Waals surface area contributed by atoms with E-state index < -0.39 is 0 Å². The van der Waals surface area contributed by atoms with Crippen LogP contribution in [-0.4, -0.2) is 26.3 Å². The number of rotatable bonds is 7. The number of benzene rings is 3. The summed E-state index contributed by atoms with van der Waals surface area (Å²) in [5.41, 5.74) is 5.34. The van der Waals surface area contributed by atoms with Crippen LogP contribution in [0.3, 0.4) is 0 Å². The number of aryl methyl sites for hydroxylation is 1. The van der Waals surface area contributed by atoms with Crippen LogP contribution in [0.1, 0.15) is 22.4 Å². The van der Waals surface area contributed by atoms with Crippen LogP contribution in [0.4, 0.5) is 0 Å². The van der Waals surface area contributed by atoms with Crippen molar-refractivity contribution in [1.82, 2.24) is 9.47 Å². The molecular formula is C29H24Cl2N2O2S2. The first-order chi connectivity index (χ1) is 17.8. The van der Waals surface area contributed by atoms with Crippen molar-refractivity contribution in [1.29, 1.82) is 0 Å². The molecule has 1 aliphatic heterocycles. The van der Waals surface area contributed by atoms with E-state index in [1.54, 1.807) is 23.1 Å². The van der Waals surface area contributed by atoms with Gasteiger partial charge in [0, 0.05) is 33.2 Å². The number of nitrogens with zero attached hydrogens (tertiary/aromatic N) is 2. The molecule has 4 nitrogen and oxygen atoms in total. The van der Waals surface area contributed by atoms with Crippen molar-refractivity contribution >= 4 is 74.4 Å². The van der Waals surface area contributed by atoms with Crippen molar-refractivity contribution in [3.8, 4) is 5.75 Å². The maximum atomic E-state index is 13.3. The second kappa shape index (κ2) is 10.9. The monoisotopic (exact) mass is 566 g/mol. The summed E-state index contributed by atoms with van der Waals surface area (Å²) in [6, 6.07) is 21.4. The van der Waals surface area contributed by atoms with E-state index in [0.717, 1.165) is 33.3 Å². The smallest absolute Gasteiger partial charge is 0.266 e. The average Bonchev–Trinajstić information content (AvgIpc) is 3.29. The Kier molecular flexibility index (Phi) is 7.63. The molecule has 0 bridgehead atoms. The molecule has 1 aliphatic rings. The minimum atomic E-state index is -0.0641. The van der Waals surface area contributed by atoms with Crippen LogP contribution >= 0.6 is 47.2 Å². The number of carbonyl (C=O) groups is 1. The molecule has 5 rings (SSSR count). The molecule has 0 spiro atoms. The van der Waals surface area contributed by atoms with E-state index in [1.165, 1.54) is 11.8 Å². The number of hydrogen-bond acceptors (Lipinski definition) is 4. The number of amides is 1. The molecule has 1 fully saturated rings. The normalized spacial score (nSPS) is 14.8. The summed E-state index contributed by atoms with van der Waals surface area (Å²) in [5, 5.41) is 2.18. The van der Waals surface area contributed by atoms with Crippen molar-refractivity contribution < 1.29 is 9.53 Å². The van der Waals surface area contributed by atoms with Gasteiger partial charge < -0.3 is 9.30 Å². The molecule has 8 heteroatoms. The lowest BCUT2D eigenvalue weighted by atomic mass is 10.1. The lowest BCUT2D eigenvalue weighted by Crippen LogP contribution is -2.27. The zero-order chi connectivity index (χ0) is 26.1. The second-order valence-corrected chi connectivity index (χ2v) is 11.4. The van der Waals surface area contributed by atoms with Gasteiger partial charge in [-0.05, 0) is 49.8 Å². The summed E-state index contributed by atoms with van der Waals surface area (Å²) in [7, 11) is 0. The number of carbonyl (C=O) groups excluding carboxylic acids is 1. The van der Waals surface area contributed by atoms with Crippen molar-refractivity contribution in [2.24, 2.45) is 0 Å². The molecule has 3 aromatic carbocycles. The Hall–Kier alpha value is -2.77. The Morgan fingerprint density at radius 2 is 1.81 bits per heavy atom. The van der Waals surface area contributed by atoms with Gasteiger partial charge in [0.05, 0.1) is 23.0 Å². The molecule has 4 aromatic rings. The number of thiocarbonyl (C=S) groups is 1. The van der Waals surface area contributed by atoms with Gasteiger partial charge in [0.15, 0.2) is 0 Å². The van der Waals surface area contributed by atoms with E-state index in [4.69, 9.17) is 40.2 Å². The molecular weight excluding hydrogens is 543 g/mol. The van der Waals surface area contributed by atoms with Crippen molar-refractivity contribution in [3.63, 3.8) is 0 Å². The lowest BCUT2D eigenvalue weighted by molar-refractivity contribution is -0.122. The standard InChI is InChI=1S/C29H24Cl2N2O2S2/c1-18-8-11-25-23(14-18)22(19(2)32(25)12-13-35-26-15-21(30)9-10-24(26)31)16-27-28(34)33(29(36)37-27)17-20-6-4-3-5-7-20/h3-11,14-16H,12-13,17H2,1-2H3. The maximum absolute atomic E-state index is 13.3. The Bertz CT molecular complexity index is 1550. The van der Waals surface area contributed by atoms with Crippen LogP contribution < -0.4 is 4.74 Å². The Labute approximate surface area is 235 Å². The van der Waals surface area contributed by atoms with E-state index in [0.29, 0.717) is 44.7 Å². The van der Waals surface area contributed by atoms with Gasteiger partial charge in [0.1, 0.15) is 16.7 Å². The molecule has 188 valence electrons. The van der Waals surface area contributed by atoms with Crippen LogP contribution in [0.15, 0.2) is 71.6 Å². The van der Waals surface area contributed by atoms with E-state index in [1.807, 2.05) is 36.4 Å². The quantitative estimate of drug-likeness (QED) is 0.167. The van der Waals surface area contributed by atoms with Crippen molar-refractivity contribution in [3.05, 3.63) is 104 Å². The molecule has 2 heterocycles. The first-order valence-corrected chi connectivity index (χ1v) is 13.8. The topological polar surface area (TPSA) is 34.5 Å². The number of fused-ring (bicyclic) bond motifs is 1. The molecule has 0 N–H and O–H groups in total. The molecule has 0 saturated carbocycles.